The molecular weight excluding hydrogens is 420 g/mol. The second kappa shape index (κ2) is 10.2. The predicted molar refractivity (Wildman–Crippen MR) is 110 cm³/mol. The van der Waals surface area contributed by atoms with Gasteiger partial charge in [-0.1, -0.05) is 23.2 Å². The van der Waals surface area contributed by atoms with Gasteiger partial charge in [-0.05, 0) is 36.4 Å². The first-order valence-electron chi connectivity index (χ1n) is 9.20. The zero-order valence-electron chi connectivity index (χ0n) is 15.7. The van der Waals surface area contributed by atoms with Gasteiger partial charge in [0.05, 0.1) is 5.02 Å². The Bertz CT molecular complexity index is 830. The molecule has 3 rings (SSSR count). The van der Waals surface area contributed by atoms with Gasteiger partial charge in [-0.15, -0.1) is 0 Å². The Morgan fingerprint density at radius 2 is 1.83 bits per heavy atom. The average molecular weight is 442 g/mol. The zero-order valence-corrected chi connectivity index (χ0v) is 17.2. The summed E-state index contributed by atoms with van der Waals surface area (Å²) in [6.07, 6.45) is -0.719. The van der Waals surface area contributed by atoms with Crippen LogP contribution >= 0.6 is 23.2 Å². The molecule has 1 atom stereocenters. The lowest BCUT2D eigenvalue weighted by Crippen LogP contribution is -2.54. The predicted octanol–water partition coefficient (Wildman–Crippen LogP) is 2.83. The molecule has 29 heavy (non-hydrogen) atoms. The SMILES string of the molecule is O=C(NN1CCN(C[C@@H](O)COc2ccc(Cl)c(F)c2)CC1)c1ccc(Cl)cc1. The van der Waals surface area contributed by atoms with Crippen molar-refractivity contribution in [3.63, 3.8) is 0 Å². The summed E-state index contributed by atoms with van der Waals surface area (Å²) in [6.45, 7) is 3.12. The van der Waals surface area contributed by atoms with Crippen LogP contribution in [0.1, 0.15) is 10.4 Å². The van der Waals surface area contributed by atoms with Crippen LogP contribution < -0.4 is 10.2 Å². The topological polar surface area (TPSA) is 65.0 Å². The fourth-order valence-corrected chi connectivity index (χ4v) is 3.21. The number of aliphatic hydroxyl groups excluding tert-OH is 1. The highest BCUT2D eigenvalue weighted by molar-refractivity contribution is 6.31. The summed E-state index contributed by atoms with van der Waals surface area (Å²) >= 11 is 11.5. The van der Waals surface area contributed by atoms with Crippen LogP contribution in [-0.4, -0.2) is 66.4 Å². The van der Waals surface area contributed by atoms with Crippen molar-refractivity contribution in [1.29, 1.82) is 0 Å². The minimum absolute atomic E-state index is 0.0268. The van der Waals surface area contributed by atoms with Crippen LogP contribution in [0.5, 0.6) is 5.75 Å². The van der Waals surface area contributed by atoms with E-state index in [1.54, 1.807) is 30.3 Å². The Morgan fingerprint density at radius 3 is 2.48 bits per heavy atom. The number of aliphatic hydroxyl groups is 1. The summed E-state index contributed by atoms with van der Waals surface area (Å²) in [7, 11) is 0. The third-order valence-corrected chi connectivity index (χ3v) is 5.10. The molecule has 2 aromatic carbocycles. The van der Waals surface area contributed by atoms with Gasteiger partial charge in [0.25, 0.3) is 5.91 Å². The van der Waals surface area contributed by atoms with Crippen molar-refractivity contribution in [2.24, 2.45) is 0 Å². The van der Waals surface area contributed by atoms with Crippen LogP contribution in [0.4, 0.5) is 4.39 Å². The molecule has 1 fully saturated rings. The number of carbonyl (C=O) groups excluding carboxylic acids is 1. The first-order chi connectivity index (χ1) is 13.9. The highest BCUT2D eigenvalue weighted by Gasteiger charge is 2.21. The molecule has 1 saturated heterocycles. The van der Waals surface area contributed by atoms with E-state index in [1.165, 1.54) is 12.1 Å². The maximum atomic E-state index is 13.4. The van der Waals surface area contributed by atoms with Gasteiger partial charge in [-0.2, -0.15) is 0 Å². The lowest BCUT2D eigenvalue weighted by atomic mass is 10.2. The number of hydrogen-bond donors (Lipinski definition) is 2. The number of ether oxygens (including phenoxy) is 1. The molecule has 1 amide bonds. The number of hydrogen-bond acceptors (Lipinski definition) is 5. The van der Waals surface area contributed by atoms with Crippen LogP contribution in [0.15, 0.2) is 42.5 Å². The van der Waals surface area contributed by atoms with Crippen molar-refractivity contribution in [1.82, 2.24) is 15.3 Å². The molecule has 0 aromatic heterocycles. The molecule has 0 radical (unpaired) electrons. The molecule has 9 heteroatoms. The minimum atomic E-state index is -0.719. The van der Waals surface area contributed by atoms with Gasteiger partial charge < -0.3 is 9.84 Å². The number of nitrogens with zero attached hydrogens (tertiary/aromatic N) is 2. The Balaban J connectivity index is 1.38. The number of β-amino-alcohol motifs (C(OH)–C–C–N with tert-alkyl or cyclic N) is 1. The van der Waals surface area contributed by atoms with Crippen LogP contribution in [0.3, 0.4) is 0 Å². The molecule has 0 unspecified atom stereocenters. The molecule has 0 saturated carbocycles. The van der Waals surface area contributed by atoms with Crippen LogP contribution in [-0.2, 0) is 0 Å². The monoisotopic (exact) mass is 441 g/mol. The zero-order chi connectivity index (χ0) is 20.8. The van der Waals surface area contributed by atoms with Gasteiger partial charge in [0.2, 0.25) is 0 Å². The lowest BCUT2D eigenvalue weighted by molar-refractivity contribution is 0.0316. The van der Waals surface area contributed by atoms with E-state index in [4.69, 9.17) is 27.9 Å². The molecule has 0 bridgehead atoms. The Kier molecular flexibility index (Phi) is 7.69. The first-order valence-corrected chi connectivity index (χ1v) is 9.96. The lowest BCUT2D eigenvalue weighted by Gasteiger charge is -2.35. The van der Waals surface area contributed by atoms with E-state index in [0.29, 0.717) is 49.1 Å². The van der Waals surface area contributed by atoms with E-state index in [2.05, 4.69) is 10.3 Å². The van der Waals surface area contributed by atoms with Gasteiger partial charge in [-0.3, -0.25) is 15.1 Å². The fraction of sp³-hybridized carbons (Fsp3) is 0.350. The van der Waals surface area contributed by atoms with E-state index in [1.807, 2.05) is 5.01 Å². The minimum Gasteiger partial charge on any atom is -0.491 e. The normalized spacial score (nSPS) is 16.4. The number of rotatable bonds is 7. The summed E-state index contributed by atoms with van der Waals surface area (Å²) in [5.41, 5.74) is 3.42. The van der Waals surface area contributed by atoms with Crippen molar-refractivity contribution < 1.29 is 19.0 Å². The van der Waals surface area contributed by atoms with Crippen molar-refractivity contribution in [2.45, 2.75) is 6.10 Å². The number of carbonyl (C=O) groups is 1. The third-order valence-electron chi connectivity index (χ3n) is 4.54. The van der Waals surface area contributed by atoms with E-state index in [9.17, 15) is 14.3 Å². The molecule has 2 aromatic rings. The number of halogens is 3. The summed E-state index contributed by atoms with van der Waals surface area (Å²) in [5.74, 6) is -0.421. The maximum Gasteiger partial charge on any atom is 0.265 e. The van der Waals surface area contributed by atoms with E-state index < -0.39 is 11.9 Å². The molecular formula is C20H22Cl2FN3O3. The molecule has 156 valence electrons. The van der Waals surface area contributed by atoms with Crippen molar-refractivity contribution in [3.05, 3.63) is 63.9 Å². The number of benzene rings is 2. The van der Waals surface area contributed by atoms with Gasteiger partial charge in [0, 0.05) is 49.4 Å². The third kappa shape index (κ3) is 6.55. The summed E-state index contributed by atoms with van der Waals surface area (Å²) in [4.78, 5) is 14.3. The summed E-state index contributed by atoms with van der Waals surface area (Å²) in [5, 5.41) is 12.7. The first kappa shape index (κ1) is 21.8. The molecule has 2 N–H and O–H groups in total. The fourth-order valence-electron chi connectivity index (χ4n) is 2.96. The number of nitrogens with one attached hydrogen (secondary N) is 1. The van der Waals surface area contributed by atoms with Gasteiger partial charge in [0.1, 0.15) is 24.3 Å². The number of piperazine rings is 1. The Labute approximate surface area is 178 Å². The molecule has 0 spiro atoms. The summed E-state index contributed by atoms with van der Waals surface area (Å²) in [6, 6.07) is 10.9. The smallest absolute Gasteiger partial charge is 0.265 e. The second-order valence-corrected chi connectivity index (χ2v) is 7.62. The van der Waals surface area contributed by atoms with Crippen LogP contribution in [0, 0.1) is 5.82 Å². The Morgan fingerprint density at radius 1 is 1.14 bits per heavy atom. The van der Waals surface area contributed by atoms with Crippen molar-refractivity contribution in [3.8, 4) is 5.75 Å². The van der Waals surface area contributed by atoms with E-state index >= 15 is 0 Å². The molecule has 1 heterocycles. The van der Waals surface area contributed by atoms with E-state index in [-0.39, 0.29) is 17.5 Å². The van der Waals surface area contributed by atoms with Gasteiger partial charge >= 0.3 is 0 Å². The van der Waals surface area contributed by atoms with Crippen molar-refractivity contribution >= 4 is 29.1 Å². The van der Waals surface area contributed by atoms with Crippen LogP contribution in [0.25, 0.3) is 0 Å². The maximum absolute atomic E-state index is 13.4. The van der Waals surface area contributed by atoms with Gasteiger partial charge in [0.15, 0.2) is 0 Å². The molecule has 1 aliphatic rings. The van der Waals surface area contributed by atoms with E-state index in [0.717, 1.165) is 0 Å². The molecule has 6 nitrogen and oxygen atoms in total. The van der Waals surface area contributed by atoms with Gasteiger partial charge in [-0.25, -0.2) is 9.40 Å². The standard InChI is InChI=1S/C20H22Cl2FN3O3/c21-15-3-1-14(2-4-15)20(28)24-26-9-7-25(8-10-26)12-16(27)13-29-17-5-6-18(22)19(23)11-17/h1-6,11,16,27H,7-10,12-13H2,(H,24,28)/t16-/m1/s1. The highest BCUT2D eigenvalue weighted by atomic mass is 35.5. The van der Waals surface area contributed by atoms with Crippen LogP contribution in [0.2, 0.25) is 10.0 Å². The second-order valence-electron chi connectivity index (χ2n) is 6.78. The molecule has 0 aliphatic carbocycles. The quantitative estimate of drug-likeness (QED) is 0.691. The highest BCUT2D eigenvalue weighted by Crippen LogP contribution is 2.20. The largest absolute Gasteiger partial charge is 0.491 e. The number of hydrazine groups is 1. The average Bonchev–Trinajstić information content (AvgIpc) is 2.71. The molecule has 1 aliphatic heterocycles. The number of amides is 1. The van der Waals surface area contributed by atoms with Crippen molar-refractivity contribution in [2.75, 3.05) is 39.3 Å². The summed E-state index contributed by atoms with van der Waals surface area (Å²) < 4.78 is 18.8. The Hall–Kier alpha value is -1.90.